The zero-order valence-electron chi connectivity index (χ0n) is 18.8. The van der Waals surface area contributed by atoms with Crippen molar-refractivity contribution in [2.45, 2.75) is 32.9 Å². The number of carboxylic acid groups (broad SMARTS) is 1. The first-order valence-electron chi connectivity index (χ1n) is 10.2. The van der Waals surface area contributed by atoms with Gasteiger partial charge in [-0.05, 0) is 45.0 Å². The number of anilines is 1. The fourth-order valence-corrected chi connectivity index (χ4v) is 3.00. The molecule has 0 aliphatic heterocycles. The zero-order valence-corrected chi connectivity index (χ0v) is 18.8. The molecule has 1 aromatic carbocycles. The molecule has 0 saturated carbocycles. The van der Waals surface area contributed by atoms with Gasteiger partial charge in [-0.25, -0.2) is 23.5 Å². The molecule has 0 atom stereocenters. The second-order valence-electron chi connectivity index (χ2n) is 8.30. The Kier molecular flexibility index (Phi) is 7.00. The van der Waals surface area contributed by atoms with Gasteiger partial charge in [-0.3, -0.25) is 0 Å². The summed E-state index contributed by atoms with van der Waals surface area (Å²) in [4.78, 5) is 29.2. The smallest absolute Gasteiger partial charge is 0.407 e. The Hall–Kier alpha value is -3.89. The predicted molar refractivity (Wildman–Crippen MR) is 118 cm³/mol. The molecule has 2 aromatic heterocycles. The molecule has 1 amide bonds. The molecule has 176 valence electrons. The van der Waals surface area contributed by atoms with E-state index in [1.165, 1.54) is 28.9 Å². The molecule has 33 heavy (non-hydrogen) atoms. The summed E-state index contributed by atoms with van der Waals surface area (Å²) >= 11 is 0. The van der Waals surface area contributed by atoms with Crippen LogP contribution in [0.1, 0.15) is 36.7 Å². The highest BCUT2D eigenvalue weighted by molar-refractivity contribution is 5.94. The highest BCUT2D eigenvalue weighted by Crippen LogP contribution is 2.24. The van der Waals surface area contributed by atoms with E-state index in [9.17, 15) is 19.1 Å². The van der Waals surface area contributed by atoms with Crippen molar-refractivity contribution in [2.24, 2.45) is 0 Å². The molecule has 3 rings (SSSR count). The molecule has 0 aliphatic rings. The van der Waals surface area contributed by atoms with Crippen LogP contribution in [0.15, 0.2) is 36.7 Å². The number of alkyl carbamates (subject to hydrolysis) is 1. The molecule has 0 saturated heterocycles. The lowest BCUT2D eigenvalue weighted by Crippen LogP contribution is -2.34. The Bertz CT molecular complexity index is 1160. The number of hydrogen-bond acceptors (Lipinski definition) is 7. The Labute approximate surface area is 189 Å². The number of nitrogens with one attached hydrogen (secondary N) is 1. The monoisotopic (exact) mass is 459 g/mol. The number of rotatable bonds is 8. The average molecular weight is 459 g/mol. The molecule has 11 heteroatoms. The molecular weight excluding hydrogens is 433 g/mol. The highest BCUT2D eigenvalue weighted by Gasteiger charge is 2.17. The molecule has 10 nitrogen and oxygen atoms in total. The standard InChI is InChI=1S/C22H26FN5O5/c1-22(2,3)33-21(31)24-8-10-32-17-6-5-15(23)11-14(17)13-27(4)18-7-9-28-19(26-18)16(12-25-28)20(29)30/h5-7,9,11-12H,8,10,13H2,1-4H3,(H,24,31)(H,29,30). The van der Waals surface area contributed by atoms with Gasteiger partial charge in [0.15, 0.2) is 5.65 Å². The van der Waals surface area contributed by atoms with Crippen LogP contribution in [0.25, 0.3) is 5.65 Å². The summed E-state index contributed by atoms with van der Waals surface area (Å²) in [5.41, 5.74) is 0.149. The number of carboxylic acids is 1. The van der Waals surface area contributed by atoms with Crippen molar-refractivity contribution >= 4 is 23.5 Å². The Morgan fingerprint density at radius 3 is 2.73 bits per heavy atom. The van der Waals surface area contributed by atoms with Crippen LogP contribution < -0.4 is 15.0 Å². The van der Waals surface area contributed by atoms with Crippen LogP contribution in [0.2, 0.25) is 0 Å². The summed E-state index contributed by atoms with van der Waals surface area (Å²) in [5, 5.41) is 15.9. The van der Waals surface area contributed by atoms with Gasteiger partial charge in [-0.1, -0.05) is 0 Å². The maximum absolute atomic E-state index is 13.9. The van der Waals surface area contributed by atoms with Gasteiger partial charge in [0.05, 0.1) is 12.7 Å². The normalized spacial score (nSPS) is 11.3. The van der Waals surface area contributed by atoms with Gasteiger partial charge in [0, 0.05) is 25.4 Å². The van der Waals surface area contributed by atoms with Crippen molar-refractivity contribution in [1.29, 1.82) is 0 Å². The van der Waals surface area contributed by atoms with E-state index in [-0.39, 0.29) is 30.9 Å². The van der Waals surface area contributed by atoms with Crippen LogP contribution in [-0.2, 0) is 11.3 Å². The third-order valence-corrected chi connectivity index (χ3v) is 4.43. The number of hydrogen-bond donors (Lipinski definition) is 2. The fourth-order valence-electron chi connectivity index (χ4n) is 3.00. The molecule has 0 fully saturated rings. The van der Waals surface area contributed by atoms with E-state index in [1.807, 2.05) is 0 Å². The summed E-state index contributed by atoms with van der Waals surface area (Å²) in [5.74, 6) is -0.624. The first kappa shape index (κ1) is 23.8. The minimum absolute atomic E-state index is 0.0162. The van der Waals surface area contributed by atoms with Crippen LogP contribution in [0.3, 0.4) is 0 Å². The maximum atomic E-state index is 13.9. The fraction of sp³-hybridized carbons (Fsp3) is 0.364. The largest absolute Gasteiger partial charge is 0.491 e. The van der Waals surface area contributed by atoms with Gasteiger partial charge in [0.1, 0.15) is 35.2 Å². The number of ether oxygens (including phenoxy) is 2. The van der Waals surface area contributed by atoms with Gasteiger partial charge in [-0.15, -0.1) is 0 Å². The number of nitrogens with zero attached hydrogens (tertiary/aromatic N) is 4. The molecule has 0 radical (unpaired) electrons. The molecule has 2 heterocycles. The molecule has 2 N–H and O–H groups in total. The minimum Gasteiger partial charge on any atom is -0.491 e. The van der Waals surface area contributed by atoms with Crippen molar-refractivity contribution in [3.8, 4) is 5.75 Å². The van der Waals surface area contributed by atoms with Crippen molar-refractivity contribution in [3.05, 3.63) is 53.6 Å². The van der Waals surface area contributed by atoms with Gasteiger partial charge >= 0.3 is 12.1 Å². The van der Waals surface area contributed by atoms with Crippen molar-refractivity contribution in [2.75, 3.05) is 25.1 Å². The summed E-state index contributed by atoms with van der Waals surface area (Å²) in [6.07, 6.45) is 2.29. The van der Waals surface area contributed by atoms with E-state index in [2.05, 4.69) is 15.4 Å². The summed E-state index contributed by atoms with van der Waals surface area (Å²) < 4.78 is 26.2. The van der Waals surface area contributed by atoms with E-state index >= 15 is 0 Å². The summed E-state index contributed by atoms with van der Waals surface area (Å²) in [6.45, 7) is 5.92. The van der Waals surface area contributed by atoms with E-state index in [0.29, 0.717) is 17.1 Å². The van der Waals surface area contributed by atoms with Crippen LogP contribution in [0.5, 0.6) is 5.75 Å². The number of amides is 1. The van der Waals surface area contributed by atoms with Crippen molar-refractivity contribution in [3.63, 3.8) is 0 Å². The van der Waals surface area contributed by atoms with Gasteiger partial charge < -0.3 is 24.8 Å². The Morgan fingerprint density at radius 2 is 2.03 bits per heavy atom. The van der Waals surface area contributed by atoms with Gasteiger partial charge in [-0.2, -0.15) is 5.10 Å². The third-order valence-electron chi connectivity index (χ3n) is 4.43. The molecule has 0 bridgehead atoms. The SMILES string of the molecule is CN(Cc1cc(F)ccc1OCCNC(=O)OC(C)(C)C)c1ccn2ncc(C(=O)O)c2n1. The quantitative estimate of drug-likeness (QED) is 0.494. The second-order valence-corrected chi connectivity index (χ2v) is 8.30. The number of carbonyl (C=O) groups excluding carboxylic acids is 1. The minimum atomic E-state index is -1.13. The average Bonchev–Trinajstić information content (AvgIpc) is 3.14. The first-order chi connectivity index (χ1) is 15.5. The van der Waals surface area contributed by atoms with Crippen LogP contribution >= 0.6 is 0 Å². The van der Waals surface area contributed by atoms with Crippen molar-refractivity contribution in [1.82, 2.24) is 19.9 Å². The Balaban J connectivity index is 1.68. The molecule has 3 aromatic rings. The van der Waals surface area contributed by atoms with E-state index in [0.717, 1.165) is 0 Å². The summed E-state index contributed by atoms with van der Waals surface area (Å²) in [6, 6.07) is 5.83. The molecular formula is C22H26FN5O5. The summed E-state index contributed by atoms with van der Waals surface area (Å²) in [7, 11) is 1.74. The van der Waals surface area contributed by atoms with Gasteiger partial charge in [0.2, 0.25) is 0 Å². The first-order valence-corrected chi connectivity index (χ1v) is 10.2. The zero-order chi connectivity index (χ0) is 24.2. The van der Waals surface area contributed by atoms with E-state index < -0.39 is 23.5 Å². The third kappa shape index (κ3) is 6.31. The van der Waals surface area contributed by atoms with Crippen molar-refractivity contribution < 1.29 is 28.6 Å². The number of benzene rings is 1. The molecule has 0 unspecified atom stereocenters. The maximum Gasteiger partial charge on any atom is 0.407 e. The lowest BCUT2D eigenvalue weighted by molar-refractivity contribution is 0.0519. The Morgan fingerprint density at radius 1 is 1.27 bits per heavy atom. The topological polar surface area (TPSA) is 118 Å². The van der Waals surface area contributed by atoms with Gasteiger partial charge in [0.25, 0.3) is 0 Å². The number of fused-ring (bicyclic) bond motifs is 1. The highest BCUT2D eigenvalue weighted by atomic mass is 19.1. The van der Waals surface area contributed by atoms with Crippen LogP contribution in [0.4, 0.5) is 15.0 Å². The van der Waals surface area contributed by atoms with Crippen LogP contribution in [-0.4, -0.2) is 57.6 Å². The number of aromatic carboxylic acids is 1. The van der Waals surface area contributed by atoms with Crippen LogP contribution in [0, 0.1) is 5.82 Å². The predicted octanol–water partition coefficient (Wildman–Crippen LogP) is 3.11. The number of halogens is 1. The number of carbonyl (C=O) groups is 2. The second kappa shape index (κ2) is 9.72. The number of aromatic nitrogens is 3. The molecule has 0 aliphatic carbocycles. The lowest BCUT2D eigenvalue weighted by atomic mass is 10.2. The van der Waals surface area contributed by atoms with E-state index in [1.54, 1.807) is 45.0 Å². The van der Waals surface area contributed by atoms with E-state index in [4.69, 9.17) is 9.47 Å². The lowest BCUT2D eigenvalue weighted by Gasteiger charge is -2.21. The molecule has 0 spiro atoms.